The number of thiazole rings is 1. The smallest absolute Gasteiger partial charge is 0.243 e. The highest BCUT2D eigenvalue weighted by atomic mass is 32.2. The van der Waals surface area contributed by atoms with Crippen LogP contribution in [0.5, 0.6) is 0 Å². The molecule has 26 heavy (non-hydrogen) atoms. The largest absolute Gasteiger partial charge is 0.302 e. The number of nitrogens with one attached hydrogen (secondary N) is 1. The van der Waals surface area contributed by atoms with Gasteiger partial charge in [-0.3, -0.25) is 4.79 Å². The lowest BCUT2D eigenvalue weighted by Crippen LogP contribution is -2.43. The Morgan fingerprint density at radius 3 is 2.69 bits per heavy atom. The Labute approximate surface area is 157 Å². The van der Waals surface area contributed by atoms with Crippen LogP contribution in [0.3, 0.4) is 0 Å². The van der Waals surface area contributed by atoms with Crippen molar-refractivity contribution < 1.29 is 13.2 Å². The van der Waals surface area contributed by atoms with Crippen molar-refractivity contribution in [3.63, 3.8) is 0 Å². The van der Waals surface area contributed by atoms with Gasteiger partial charge in [-0.1, -0.05) is 18.2 Å². The van der Waals surface area contributed by atoms with E-state index in [-0.39, 0.29) is 23.3 Å². The minimum atomic E-state index is -3.56. The molecule has 1 N–H and O–H groups in total. The molecule has 0 radical (unpaired) electrons. The second-order valence-electron chi connectivity index (χ2n) is 6.86. The second kappa shape index (κ2) is 7.09. The predicted octanol–water partition coefficient (Wildman–Crippen LogP) is 3.06. The number of benzene rings is 1. The first-order valence-electron chi connectivity index (χ1n) is 8.85. The first-order chi connectivity index (χ1) is 12.5. The van der Waals surface area contributed by atoms with Crippen LogP contribution >= 0.6 is 11.3 Å². The van der Waals surface area contributed by atoms with Crippen molar-refractivity contribution in [2.24, 2.45) is 5.92 Å². The first kappa shape index (κ1) is 17.6. The van der Waals surface area contributed by atoms with E-state index in [9.17, 15) is 13.2 Å². The number of rotatable bonds is 5. The lowest BCUT2D eigenvalue weighted by Gasteiger charge is -2.31. The van der Waals surface area contributed by atoms with Crippen molar-refractivity contribution >= 4 is 32.4 Å². The molecule has 0 bridgehead atoms. The fourth-order valence-electron chi connectivity index (χ4n) is 3.23. The Morgan fingerprint density at radius 1 is 1.19 bits per heavy atom. The van der Waals surface area contributed by atoms with E-state index in [0.717, 1.165) is 5.69 Å². The quantitative estimate of drug-likeness (QED) is 0.850. The van der Waals surface area contributed by atoms with E-state index in [1.165, 1.54) is 28.5 Å². The van der Waals surface area contributed by atoms with Crippen molar-refractivity contribution in [3.8, 4) is 0 Å². The Kier molecular flexibility index (Phi) is 4.81. The van der Waals surface area contributed by atoms with E-state index in [1.54, 1.807) is 30.3 Å². The Hall–Kier alpha value is -1.77. The Morgan fingerprint density at radius 2 is 1.96 bits per heavy atom. The maximum absolute atomic E-state index is 12.8. The van der Waals surface area contributed by atoms with E-state index in [4.69, 9.17) is 0 Å². The monoisotopic (exact) mass is 391 g/mol. The summed E-state index contributed by atoms with van der Waals surface area (Å²) in [6.07, 6.45) is 3.71. The van der Waals surface area contributed by atoms with E-state index in [1.807, 2.05) is 5.38 Å². The van der Waals surface area contributed by atoms with Crippen molar-refractivity contribution in [1.29, 1.82) is 0 Å². The average Bonchev–Trinajstić information content (AvgIpc) is 3.42. The number of nitrogens with zero attached hydrogens (tertiary/aromatic N) is 2. The van der Waals surface area contributed by atoms with Crippen molar-refractivity contribution in [3.05, 3.63) is 41.4 Å². The maximum Gasteiger partial charge on any atom is 0.243 e. The molecule has 1 amide bonds. The van der Waals surface area contributed by atoms with Gasteiger partial charge in [0.2, 0.25) is 15.9 Å². The summed E-state index contributed by atoms with van der Waals surface area (Å²) in [6, 6.07) is 8.39. The maximum atomic E-state index is 12.8. The van der Waals surface area contributed by atoms with Crippen LogP contribution in [0.15, 0.2) is 40.6 Å². The van der Waals surface area contributed by atoms with Gasteiger partial charge in [-0.25, -0.2) is 13.4 Å². The summed E-state index contributed by atoms with van der Waals surface area (Å²) >= 11 is 1.44. The topological polar surface area (TPSA) is 79.4 Å². The molecule has 1 atom stereocenters. The third-order valence-electron chi connectivity index (χ3n) is 4.88. The van der Waals surface area contributed by atoms with Crippen LogP contribution in [0.25, 0.3) is 0 Å². The van der Waals surface area contributed by atoms with Crippen LogP contribution in [0, 0.1) is 5.92 Å². The summed E-state index contributed by atoms with van der Waals surface area (Å²) in [5, 5.41) is 5.48. The Balaban J connectivity index is 1.43. The van der Waals surface area contributed by atoms with Crippen LogP contribution in [0.1, 0.15) is 37.3 Å². The molecule has 1 saturated carbocycles. The number of hydrogen-bond acceptors (Lipinski definition) is 5. The molecule has 1 saturated heterocycles. The SMILES string of the molecule is O=C(Nc1nc(C2CC2)cs1)[C@H]1CCCN(S(=O)(=O)c2ccccc2)C1. The van der Waals surface area contributed by atoms with E-state index in [2.05, 4.69) is 10.3 Å². The first-order valence-corrected chi connectivity index (χ1v) is 11.2. The van der Waals surface area contributed by atoms with Crippen LogP contribution in [0.2, 0.25) is 0 Å². The van der Waals surface area contributed by atoms with Crippen molar-refractivity contribution in [1.82, 2.24) is 9.29 Å². The Bertz CT molecular complexity index is 891. The summed E-state index contributed by atoms with van der Waals surface area (Å²) in [7, 11) is -3.56. The standard InChI is InChI=1S/C18H21N3O3S2/c22-17(20-18-19-16(12-25-18)13-8-9-13)14-5-4-10-21(11-14)26(23,24)15-6-2-1-3-7-15/h1-3,6-7,12-14H,4-5,8-11H2,(H,19,20,22)/t14-/m0/s1. The summed E-state index contributed by atoms with van der Waals surface area (Å²) in [5.41, 5.74) is 1.06. The molecule has 2 aliphatic rings. The number of piperidine rings is 1. The number of aromatic nitrogens is 1. The minimum Gasteiger partial charge on any atom is -0.302 e. The van der Waals surface area contributed by atoms with Crippen molar-refractivity contribution in [2.75, 3.05) is 18.4 Å². The van der Waals surface area contributed by atoms with Gasteiger partial charge in [0.1, 0.15) is 0 Å². The van der Waals surface area contributed by atoms with Gasteiger partial charge in [-0.2, -0.15) is 4.31 Å². The van der Waals surface area contributed by atoms with Gasteiger partial charge in [0.15, 0.2) is 5.13 Å². The fraction of sp³-hybridized carbons (Fsp3) is 0.444. The second-order valence-corrected chi connectivity index (χ2v) is 9.65. The molecule has 8 heteroatoms. The highest BCUT2D eigenvalue weighted by Gasteiger charge is 2.33. The molecule has 1 aliphatic carbocycles. The zero-order valence-electron chi connectivity index (χ0n) is 14.3. The number of anilines is 1. The molecule has 4 rings (SSSR count). The van der Waals surface area contributed by atoms with Crippen LogP contribution in [-0.2, 0) is 14.8 Å². The van der Waals surface area contributed by atoms with Gasteiger partial charge in [0, 0.05) is 24.4 Å². The molecule has 6 nitrogen and oxygen atoms in total. The number of hydrogen-bond donors (Lipinski definition) is 1. The van der Waals surface area contributed by atoms with Gasteiger partial charge in [-0.15, -0.1) is 11.3 Å². The van der Waals surface area contributed by atoms with Crippen molar-refractivity contribution in [2.45, 2.75) is 36.5 Å². The van der Waals surface area contributed by atoms with Crippen LogP contribution in [-0.4, -0.2) is 36.7 Å². The average molecular weight is 392 g/mol. The lowest BCUT2D eigenvalue weighted by molar-refractivity contribution is -0.120. The summed E-state index contributed by atoms with van der Waals surface area (Å²) in [5.74, 6) is 0.0586. The molecule has 2 heterocycles. The summed E-state index contributed by atoms with van der Waals surface area (Å²) in [4.78, 5) is 17.4. The predicted molar refractivity (Wildman–Crippen MR) is 101 cm³/mol. The number of amides is 1. The van der Waals surface area contributed by atoms with Gasteiger partial charge in [0.25, 0.3) is 0 Å². The molecular weight excluding hydrogens is 370 g/mol. The molecule has 1 aromatic carbocycles. The highest BCUT2D eigenvalue weighted by molar-refractivity contribution is 7.89. The molecular formula is C18H21N3O3S2. The molecule has 1 aliphatic heterocycles. The normalized spacial score (nSPS) is 21.5. The van der Waals surface area contributed by atoms with Gasteiger partial charge < -0.3 is 5.32 Å². The minimum absolute atomic E-state index is 0.144. The van der Waals surface area contributed by atoms with Crippen LogP contribution < -0.4 is 5.32 Å². The summed E-state index contributed by atoms with van der Waals surface area (Å²) in [6.45, 7) is 0.661. The number of carbonyl (C=O) groups is 1. The zero-order valence-corrected chi connectivity index (χ0v) is 15.9. The molecule has 0 spiro atoms. The third-order valence-corrected chi connectivity index (χ3v) is 7.54. The fourth-order valence-corrected chi connectivity index (χ4v) is 5.57. The van der Waals surface area contributed by atoms with E-state index in [0.29, 0.717) is 30.4 Å². The number of carbonyl (C=O) groups excluding carboxylic acids is 1. The third kappa shape index (κ3) is 3.67. The van der Waals surface area contributed by atoms with Gasteiger partial charge in [0.05, 0.1) is 16.5 Å². The van der Waals surface area contributed by atoms with Crippen LogP contribution in [0.4, 0.5) is 5.13 Å². The van der Waals surface area contributed by atoms with Gasteiger partial charge in [-0.05, 0) is 37.8 Å². The molecule has 138 valence electrons. The summed E-state index contributed by atoms with van der Waals surface area (Å²) < 4.78 is 27.0. The zero-order chi connectivity index (χ0) is 18.1. The van der Waals surface area contributed by atoms with Gasteiger partial charge >= 0.3 is 0 Å². The molecule has 1 aromatic heterocycles. The lowest BCUT2D eigenvalue weighted by atomic mass is 9.99. The highest BCUT2D eigenvalue weighted by Crippen LogP contribution is 2.41. The molecule has 2 fully saturated rings. The van der Waals surface area contributed by atoms with E-state index >= 15 is 0 Å². The number of sulfonamides is 1. The molecule has 0 unspecified atom stereocenters. The molecule has 2 aromatic rings. The van der Waals surface area contributed by atoms with E-state index < -0.39 is 10.0 Å².